The number of nitrogens with one attached hydrogen (secondary N) is 1. The van der Waals surface area contributed by atoms with Gasteiger partial charge in [-0.25, -0.2) is 0 Å². The van der Waals surface area contributed by atoms with Gasteiger partial charge in [0.25, 0.3) is 0 Å². The fourth-order valence-electron chi connectivity index (χ4n) is 3.10. The van der Waals surface area contributed by atoms with Gasteiger partial charge in [0.2, 0.25) is 0 Å². The normalized spacial score (nSPS) is 17.4. The molecule has 1 aliphatic heterocycles. The van der Waals surface area contributed by atoms with Crippen molar-refractivity contribution in [2.45, 2.75) is 13.0 Å². The van der Waals surface area contributed by atoms with Crippen LogP contribution in [0.25, 0.3) is 0 Å². The van der Waals surface area contributed by atoms with Crippen molar-refractivity contribution in [1.29, 1.82) is 0 Å². The van der Waals surface area contributed by atoms with E-state index in [9.17, 15) is 0 Å². The number of benzene rings is 2. The Kier molecular flexibility index (Phi) is 5.04. The lowest BCUT2D eigenvalue weighted by Crippen LogP contribution is -2.45. The zero-order valence-electron chi connectivity index (χ0n) is 12.7. The molecule has 22 heavy (non-hydrogen) atoms. The van der Waals surface area contributed by atoms with Crippen molar-refractivity contribution < 1.29 is 0 Å². The van der Waals surface area contributed by atoms with Crippen LogP contribution in [-0.2, 0) is 0 Å². The van der Waals surface area contributed by atoms with Crippen LogP contribution in [0.1, 0.15) is 22.7 Å². The first kappa shape index (κ1) is 15.8. The van der Waals surface area contributed by atoms with E-state index in [4.69, 9.17) is 23.2 Å². The first-order valence-electron chi connectivity index (χ1n) is 7.62. The number of halogens is 2. The maximum atomic E-state index is 6.26. The molecule has 2 aromatic carbocycles. The molecule has 0 amide bonds. The average Bonchev–Trinajstić information content (AvgIpc) is 2.54. The molecule has 0 saturated carbocycles. The quantitative estimate of drug-likeness (QED) is 0.900. The predicted molar refractivity (Wildman–Crippen MR) is 93.9 cm³/mol. The van der Waals surface area contributed by atoms with Crippen LogP contribution in [0.5, 0.6) is 0 Å². The zero-order valence-corrected chi connectivity index (χ0v) is 14.2. The van der Waals surface area contributed by atoms with Gasteiger partial charge in [0.15, 0.2) is 0 Å². The van der Waals surface area contributed by atoms with Crippen LogP contribution in [0.4, 0.5) is 0 Å². The van der Waals surface area contributed by atoms with Crippen LogP contribution in [0.3, 0.4) is 0 Å². The molecule has 4 heteroatoms. The van der Waals surface area contributed by atoms with Gasteiger partial charge >= 0.3 is 0 Å². The summed E-state index contributed by atoms with van der Waals surface area (Å²) in [7, 11) is 0. The average molecular weight is 335 g/mol. The third-order valence-corrected chi connectivity index (χ3v) is 5.00. The van der Waals surface area contributed by atoms with Crippen molar-refractivity contribution in [2.24, 2.45) is 0 Å². The molecule has 1 heterocycles. The predicted octanol–water partition coefficient (Wildman–Crippen LogP) is 4.30. The second kappa shape index (κ2) is 7.01. The molecule has 0 radical (unpaired) electrons. The van der Waals surface area contributed by atoms with Crippen molar-refractivity contribution in [3.63, 3.8) is 0 Å². The molecular weight excluding hydrogens is 315 g/mol. The molecule has 1 unspecified atom stereocenters. The maximum Gasteiger partial charge on any atom is 0.0605 e. The molecule has 0 bridgehead atoms. The van der Waals surface area contributed by atoms with Crippen molar-refractivity contribution >= 4 is 23.2 Å². The van der Waals surface area contributed by atoms with Gasteiger partial charge in [0.05, 0.1) is 16.1 Å². The Morgan fingerprint density at radius 2 is 1.73 bits per heavy atom. The Hall–Kier alpha value is -1.06. The molecule has 1 aliphatic rings. The molecule has 1 fully saturated rings. The van der Waals surface area contributed by atoms with E-state index in [0.29, 0.717) is 10.0 Å². The van der Waals surface area contributed by atoms with Gasteiger partial charge in [-0.3, -0.25) is 4.90 Å². The summed E-state index contributed by atoms with van der Waals surface area (Å²) in [6, 6.07) is 14.8. The highest BCUT2D eigenvalue weighted by molar-refractivity contribution is 6.42. The summed E-state index contributed by atoms with van der Waals surface area (Å²) in [4.78, 5) is 2.51. The summed E-state index contributed by atoms with van der Waals surface area (Å²) in [5.41, 5.74) is 3.84. The van der Waals surface area contributed by atoms with Crippen molar-refractivity contribution in [3.05, 3.63) is 69.2 Å². The molecule has 2 aromatic rings. The molecule has 2 nitrogen and oxygen atoms in total. The largest absolute Gasteiger partial charge is 0.314 e. The van der Waals surface area contributed by atoms with E-state index in [-0.39, 0.29) is 6.04 Å². The number of hydrogen-bond acceptors (Lipinski definition) is 2. The Balaban J connectivity index is 2.05. The van der Waals surface area contributed by atoms with E-state index in [1.807, 2.05) is 12.1 Å². The fraction of sp³-hybridized carbons (Fsp3) is 0.333. The minimum atomic E-state index is 0.220. The Morgan fingerprint density at radius 3 is 2.41 bits per heavy atom. The molecular formula is C18H20Cl2N2. The Labute approximate surface area is 142 Å². The molecule has 0 spiro atoms. The molecule has 0 aliphatic carbocycles. The first-order valence-corrected chi connectivity index (χ1v) is 8.37. The highest BCUT2D eigenvalue weighted by Gasteiger charge is 2.25. The molecule has 1 saturated heterocycles. The molecule has 0 aromatic heterocycles. The van der Waals surface area contributed by atoms with Crippen molar-refractivity contribution in [2.75, 3.05) is 26.2 Å². The van der Waals surface area contributed by atoms with Gasteiger partial charge in [0, 0.05) is 26.2 Å². The van der Waals surface area contributed by atoms with Crippen LogP contribution in [-0.4, -0.2) is 31.1 Å². The summed E-state index contributed by atoms with van der Waals surface area (Å²) in [6.45, 7) is 6.26. The summed E-state index contributed by atoms with van der Waals surface area (Å²) in [5.74, 6) is 0. The number of piperazine rings is 1. The number of nitrogens with zero attached hydrogens (tertiary/aromatic N) is 1. The minimum absolute atomic E-state index is 0.220. The van der Waals surface area contributed by atoms with Crippen molar-refractivity contribution in [3.8, 4) is 0 Å². The molecule has 1 atom stereocenters. The number of aryl methyl sites for hydroxylation is 1. The summed E-state index contributed by atoms with van der Waals surface area (Å²) in [5, 5.41) is 4.64. The van der Waals surface area contributed by atoms with Crippen LogP contribution in [0.15, 0.2) is 42.5 Å². The SMILES string of the molecule is Cc1ccccc1C(c1ccc(Cl)c(Cl)c1)N1CCNCC1. The van der Waals surface area contributed by atoms with E-state index in [1.165, 1.54) is 16.7 Å². The van der Waals surface area contributed by atoms with Gasteiger partial charge in [-0.05, 0) is 35.7 Å². The van der Waals surface area contributed by atoms with Crippen LogP contribution in [0.2, 0.25) is 10.0 Å². The van der Waals surface area contributed by atoms with Gasteiger partial charge in [-0.1, -0.05) is 53.5 Å². The zero-order chi connectivity index (χ0) is 15.5. The van der Waals surface area contributed by atoms with Crippen LogP contribution < -0.4 is 5.32 Å². The minimum Gasteiger partial charge on any atom is -0.314 e. The number of hydrogen-bond donors (Lipinski definition) is 1. The van der Waals surface area contributed by atoms with Crippen LogP contribution in [0, 0.1) is 6.92 Å². The molecule has 1 N–H and O–H groups in total. The summed E-state index contributed by atoms with van der Waals surface area (Å²) >= 11 is 12.4. The van der Waals surface area contributed by atoms with E-state index < -0.39 is 0 Å². The van der Waals surface area contributed by atoms with Gasteiger partial charge in [-0.15, -0.1) is 0 Å². The number of rotatable bonds is 3. The van der Waals surface area contributed by atoms with Gasteiger partial charge < -0.3 is 5.32 Å². The van der Waals surface area contributed by atoms with E-state index in [1.54, 1.807) is 0 Å². The highest BCUT2D eigenvalue weighted by Crippen LogP contribution is 2.34. The van der Waals surface area contributed by atoms with E-state index in [2.05, 4.69) is 47.5 Å². The Bertz CT molecular complexity index is 651. The standard InChI is InChI=1S/C18H20Cl2N2/c1-13-4-2-3-5-15(13)18(22-10-8-21-9-11-22)14-6-7-16(19)17(20)12-14/h2-7,12,18,21H,8-11H2,1H3. The van der Waals surface area contributed by atoms with Crippen LogP contribution >= 0.6 is 23.2 Å². The van der Waals surface area contributed by atoms with E-state index in [0.717, 1.165) is 26.2 Å². The van der Waals surface area contributed by atoms with Gasteiger partial charge in [-0.2, -0.15) is 0 Å². The summed E-state index contributed by atoms with van der Waals surface area (Å²) in [6.07, 6.45) is 0. The fourth-order valence-corrected chi connectivity index (χ4v) is 3.41. The second-order valence-corrected chi connectivity index (χ2v) is 6.53. The maximum absolute atomic E-state index is 6.26. The topological polar surface area (TPSA) is 15.3 Å². The lowest BCUT2D eigenvalue weighted by molar-refractivity contribution is 0.198. The smallest absolute Gasteiger partial charge is 0.0605 e. The third-order valence-electron chi connectivity index (χ3n) is 4.26. The van der Waals surface area contributed by atoms with E-state index >= 15 is 0 Å². The highest BCUT2D eigenvalue weighted by atomic mass is 35.5. The van der Waals surface area contributed by atoms with Crippen molar-refractivity contribution in [1.82, 2.24) is 10.2 Å². The molecule has 3 rings (SSSR count). The third kappa shape index (κ3) is 3.31. The lowest BCUT2D eigenvalue weighted by Gasteiger charge is -2.36. The van der Waals surface area contributed by atoms with Gasteiger partial charge in [0.1, 0.15) is 0 Å². The lowest BCUT2D eigenvalue weighted by atomic mass is 9.93. The Morgan fingerprint density at radius 1 is 1.00 bits per heavy atom. The first-order chi connectivity index (χ1) is 10.7. The second-order valence-electron chi connectivity index (χ2n) is 5.72. The summed E-state index contributed by atoms with van der Waals surface area (Å²) < 4.78 is 0. The molecule has 116 valence electrons. The monoisotopic (exact) mass is 334 g/mol.